The van der Waals surface area contributed by atoms with E-state index in [-0.39, 0.29) is 17.2 Å². The minimum absolute atomic E-state index is 0.0329. The summed E-state index contributed by atoms with van der Waals surface area (Å²) in [4.78, 5) is 36.7. The van der Waals surface area contributed by atoms with Gasteiger partial charge in [-0.3, -0.25) is 24.4 Å². The fourth-order valence-corrected chi connectivity index (χ4v) is 3.64. The first-order valence-electron chi connectivity index (χ1n) is 9.28. The largest absolute Gasteiger partial charge is 0.419 e. The monoisotopic (exact) mass is 376 g/mol. The summed E-state index contributed by atoms with van der Waals surface area (Å²) < 4.78 is 6.49. The van der Waals surface area contributed by atoms with Gasteiger partial charge in [-0.15, -0.1) is 0 Å². The number of aromatic nitrogens is 1. The molecule has 2 heterocycles. The topological polar surface area (TPSA) is 111 Å². The average Bonchev–Trinajstić information content (AvgIpc) is 3.23. The molecular weight excluding hydrogens is 352 g/mol. The summed E-state index contributed by atoms with van der Waals surface area (Å²) in [6.45, 7) is 5.19. The number of rotatable bonds is 8. The molecule has 2 aromatic rings. The summed E-state index contributed by atoms with van der Waals surface area (Å²) in [5.41, 5.74) is 0.547. The molecule has 3 rings (SSSR count). The number of likely N-dealkylation sites (tertiary alicyclic amines) is 1. The van der Waals surface area contributed by atoms with Crippen molar-refractivity contribution in [3.63, 3.8) is 0 Å². The number of oxazole rings is 1. The molecule has 1 N–H and O–H groups in total. The molecule has 1 aromatic heterocycles. The summed E-state index contributed by atoms with van der Waals surface area (Å²) in [5, 5.41) is 13.8. The first-order chi connectivity index (χ1) is 13.0. The van der Waals surface area contributed by atoms with Crippen LogP contribution in [0.1, 0.15) is 32.6 Å². The van der Waals surface area contributed by atoms with E-state index in [1.165, 1.54) is 29.2 Å². The Labute approximate surface area is 156 Å². The third-order valence-corrected chi connectivity index (χ3v) is 5.09. The molecule has 0 radical (unpaired) electrons. The van der Waals surface area contributed by atoms with Crippen LogP contribution < -0.4 is 11.1 Å². The predicted octanol–water partition coefficient (Wildman–Crippen LogP) is 1.88. The molecule has 1 atom stereocenters. The van der Waals surface area contributed by atoms with Crippen molar-refractivity contribution in [3.05, 3.63) is 38.9 Å². The number of aryl methyl sites for hydroxylation is 1. The molecule has 1 aromatic carbocycles. The van der Waals surface area contributed by atoms with Crippen molar-refractivity contribution in [1.29, 1.82) is 0 Å². The van der Waals surface area contributed by atoms with Gasteiger partial charge in [-0.2, -0.15) is 0 Å². The van der Waals surface area contributed by atoms with Crippen LogP contribution in [0.2, 0.25) is 0 Å². The summed E-state index contributed by atoms with van der Waals surface area (Å²) in [6, 6.07) is 4.48. The Morgan fingerprint density at radius 2 is 2.26 bits per heavy atom. The second kappa shape index (κ2) is 8.34. The fraction of sp³-hybridized carbons (Fsp3) is 0.556. The van der Waals surface area contributed by atoms with Crippen LogP contribution in [0.15, 0.2) is 27.4 Å². The number of carbonyl (C=O) groups excluding carboxylic acids is 1. The molecule has 0 saturated carbocycles. The van der Waals surface area contributed by atoms with Crippen molar-refractivity contribution < 1.29 is 14.1 Å². The normalized spacial score (nSPS) is 17.4. The van der Waals surface area contributed by atoms with Crippen LogP contribution >= 0.6 is 0 Å². The van der Waals surface area contributed by atoms with E-state index in [1.807, 2.05) is 0 Å². The van der Waals surface area contributed by atoms with Crippen molar-refractivity contribution >= 4 is 22.7 Å². The maximum Gasteiger partial charge on any atom is 0.419 e. The highest BCUT2D eigenvalue weighted by atomic mass is 16.6. The number of nitro benzene ring substituents is 1. The number of non-ortho nitro benzene ring substituents is 1. The summed E-state index contributed by atoms with van der Waals surface area (Å²) >= 11 is 0. The van der Waals surface area contributed by atoms with Crippen LogP contribution in [0.3, 0.4) is 0 Å². The second-order valence-corrected chi connectivity index (χ2v) is 6.76. The van der Waals surface area contributed by atoms with Crippen LogP contribution in [0.25, 0.3) is 11.1 Å². The van der Waals surface area contributed by atoms with Gasteiger partial charge in [0.2, 0.25) is 5.91 Å². The van der Waals surface area contributed by atoms with Gasteiger partial charge in [0.25, 0.3) is 5.69 Å². The van der Waals surface area contributed by atoms with E-state index in [0.717, 1.165) is 19.5 Å². The van der Waals surface area contributed by atoms with Crippen molar-refractivity contribution in [3.8, 4) is 0 Å². The van der Waals surface area contributed by atoms with E-state index in [1.54, 1.807) is 0 Å². The molecule has 1 unspecified atom stereocenters. The number of benzene rings is 1. The van der Waals surface area contributed by atoms with Crippen molar-refractivity contribution in [2.75, 3.05) is 19.6 Å². The zero-order valence-corrected chi connectivity index (χ0v) is 15.3. The van der Waals surface area contributed by atoms with Gasteiger partial charge in [-0.05, 0) is 38.4 Å². The second-order valence-electron chi connectivity index (χ2n) is 6.76. The highest BCUT2D eigenvalue weighted by molar-refractivity contribution is 5.76. The zero-order valence-electron chi connectivity index (χ0n) is 15.3. The third-order valence-electron chi connectivity index (χ3n) is 5.09. The Morgan fingerprint density at radius 3 is 3.00 bits per heavy atom. The summed E-state index contributed by atoms with van der Waals surface area (Å²) in [6.07, 6.45) is 3.07. The first-order valence-corrected chi connectivity index (χ1v) is 9.28. The Balaban J connectivity index is 1.53. The molecule has 146 valence electrons. The van der Waals surface area contributed by atoms with Gasteiger partial charge < -0.3 is 9.73 Å². The lowest BCUT2D eigenvalue weighted by Gasteiger charge is -2.22. The summed E-state index contributed by atoms with van der Waals surface area (Å²) in [5.74, 6) is -0.607. The van der Waals surface area contributed by atoms with Gasteiger partial charge >= 0.3 is 5.76 Å². The molecule has 9 nitrogen and oxygen atoms in total. The third kappa shape index (κ3) is 4.36. The van der Waals surface area contributed by atoms with Gasteiger partial charge in [0.15, 0.2) is 5.58 Å². The van der Waals surface area contributed by atoms with E-state index in [0.29, 0.717) is 37.5 Å². The molecule has 9 heteroatoms. The van der Waals surface area contributed by atoms with Crippen molar-refractivity contribution in [2.45, 2.75) is 45.2 Å². The Kier molecular flexibility index (Phi) is 5.90. The summed E-state index contributed by atoms with van der Waals surface area (Å²) in [7, 11) is 0. The van der Waals surface area contributed by atoms with Crippen LogP contribution in [-0.2, 0) is 11.3 Å². The number of nitrogens with one attached hydrogen (secondary N) is 1. The molecule has 1 aliphatic heterocycles. The smallest absolute Gasteiger partial charge is 0.407 e. The van der Waals surface area contributed by atoms with Crippen molar-refractivity contribution in [2.24, 2.45) is 0 Å². The highest BCUT2D eigenvalue weighted by Gasteiger charge is 2.23. The minimum atomic E-state index is -0.574. The Bertz CT molecular complexity index is 887. The van der Waals surface area contributed by atoms with Crippen LogP contribution in [-0.4, -0.2) is 46.0 Å². The lowest BCUT2D eigenvalue weighted by Crippen LogP contribution is -2.40. The molecule has 0 spiro atoms. The predicted molar refractivity (Wildman–Crippen MR) is 99.6 cm³/mol. The quantitative estimate of drug-likeness (QED) is 0.556. The number of hydrogen-bond donors (Lipinski definition) is 1. The Morgan fingerprint density at radius 1 is 1.44 bits per heavy atom. The average molecular weight is 376 g/mol. The maximum atomic E-state index is 12.1. The highest BCUT2D eigenvalue weighted by Crippen LogP contribution is 2.20. The van der Waals surface area contributed by atoms with E-state index >= 15 is 0 Å². The molecular formula is C18H24N4O5. The van der Waals surface area contributed by atoms with E-state index in [4.69, 9.17) is 4.42 Å². The molecule has 27 heavy (non-hydrogen) atoms. The first kappa shape index (κ1) is 19.1. The van der Waals surface area contributed by atoms with Gasteiger partial charge in [0.05, 0.1) is 16.5 Å². The van der Waals surface area contributed by atoms with Gasteiger partial charge in [0, 0.05) is 31.6 Å². The number of carbonyl (C=O) groups is 1. The van der Waals surface area contributed by atoms with Gasteiger partial charge in [-0.1, -0.05) is 6.92 Å². The fourth-order valence-electron chi connectivity index (χ4n) is 3.64. The molecule has 1 fully saturated rings. The number of fused-ring (bicyclic) bond motifs is 1. The van der Waals surface area contributed by atoms with E-state index in [2.05, 4.69) is 17.1 Å². The number of nitro groups is 1. The van der Waals surface area contributed by atoms with Crippen molar-refractivity contribution in [1.82, 2.24) is 14.8 Å². The van der Waals surface area contributed by atoms with Crippen LogP contribution in [0.5, 0.6) is 0 Å². The van der Waals surface area contributed by atoms with Gasteiger partial charge in [0.1, 0.15) is 0 Å². The number of nitrogens with zero attached hydrogens (tertiary/aromatic N) is 3. The molecule has 1 aliphatic rings. The zero-order chi connectivity index (χ0) is 19.4. The molecule has 1 saturated heterocycles. The van der Waals surface area contributed by atoms with Crippen LogP contribution in [0.4, 0.5) is 5.69 Å². The van der Waals surface area contributed by atoms with Crippen LogP contribution in [0, 0.1) is 10.1 Å². The Hall–Kier alpha value is -2.68. The lowest BCUT2D eigenvalue weighted by atomic mass is 10.2. The minimum Gasteiger partial charge on any atom is -0.407 e. The maximum absolute atomic E-state index is 12.1. The molecule has 0 aliphatic carbocycles. The number of likely N-dealkylation sites (N-methyl/N-ethyl adjacent to an activating group) is 1. The number of amides is 1. The van der Waals surface area contributed by atoms with E-state index in [9.17, 15) is 19.7 Å². The molecule has 1 amide bonds. The van der Waals surface area contributed by atoms with E-state index < -0.39 is 10.7 Å². The van der Waals surface area contributed by atoms with Gasteiger partial charge in [-0.25, -0.2) is 4.79 Å². The molecule has 0 bridgehead atoms. The number of hydrogen-bond acceptors (Lipinski definition) is 6. The standard InChI is InChI=1S/C18H24N4O5/c1-2-20-9-3-5-14(20)12-19-17(23)6-4-10-21-15-8-7-13(22(25)26)11-16(15)27-18(21)24/h7-8,11,14H,2-6,9-10,12H2,1H3,(H,19,23). The lowest BCUT2D eigenvalue weighted by molar-refractivity contribution is -0.384. The SMILES string of the molecule is CCN1CCCC1CNC(=O)CCCn1c(=O)oc2cc([N+](=O)[O-])ccc21.